The third-order valence-electron chi connectivity index (χ3n) is 2.62. The number of aromatic hydroxyl groups is 2. The minimum atomic E-state index is -0.857. The Morgan fingerprint density at radius 3 is 2.37 bits per heavy atom. The highest BCUT2D eigenvalue weighted by Gasteiger charge is 2.23. The van der Waals surface area contributed by atoms with Crippen LogP contribution in [-0.2, 0) is 5.54 Å². The zero-order valence-corrected chi connectivity index (χ0v) is 11.3. The lowest BCUT2D eigenvalue weighted by Crippen LogP contribution is -2.36. The third kappa shape index (κ3) is 1.98. The highest BCUT2D eigenvalue weighted by Crippen LogP contribution is 2.37. The molecule has 0 spiro atoms. The lowest BCUT2D eigenvalue weighted by molar-refractivity contribution is 0.135. The van der Waals surface area contributed by atoms with Gasteiger partial charge in [0.15, 0.2) is 11.5 Å². The van der Waals surface area contributed by atoms with Gasteiger partial charge in [-0.25, -0.2) is 4.79 Å². The van der Waals surface area contributed by atoms with Gasteiger partial charge in [0.25, 0.3) is 5.56 Å². The molecule has 2 rings (SSSR count). The standard InChI is InChI=1S/C12H12ClNO5/c1-12(2,3)14-10(17)5-4-6(15)9(16)8(13)7(5)11(18)19-14/h4,15-16H,1-3H3. The lowest BCUT2D eigenvalue weighted by atomic mass is 10.1. The van der Waals surface area contributed by atoms with Crippen molar-refractivity contribution in [2.24, 2.45) is 0 Å². The van der Waals surface area contributed by atoms with Crippen molar-refractivity contribution in [1.29, 1.82) is 0 Å². The molecule has 1 heterocycles. The van der Waals surface area contributed by atoms with Crippen LogP contribution in [0.4, 0.5) is 0 Å². The van der Waals surface area contributed by atoms with Gasteiger partial charge in [0.05, 0.1) is 16.3 Å². The van der Waals surface area contributed by atoms with Crippen LogP contribution in [0.3, 0.4) is 0 Å². The van der Waals surface area contributed by atoms with Crippen molar-refractivity contribution in [2.45, 2.75) is 26.3 Å². The summed E-state index contributed by atoms with van der Waals surface area (Å²) in [4.78, 5) is 24.1. The van der Waals surface area contributed by atoms with Gasteiger partial charge in [-0.2, -0.15) is 4.74 Å². The first-order chi connectivity index (χ1) is 8.64. The predicted octanol–water partition coefficient (Wildman–Crippen LogP) is 1.77. The fraction of sp³-hybridized carbons (Fsp3) is 0.333. The first-order valence-corrected chi connectivity index (χ1v) is 5.83. The van der Waals surface area contributed by atoms with Crippen LogP contribution in [0.15, 0.2) is 20.2 Å². The second-order valence-electron chi connectivity index (χ2n) is 5.13. The molecule has 0 saturated carbocycles. The van der Waals surface area contributed by atoms with Crippen LogP contribution in [0, 0.1) is 0 Å². The first kappa shape index (κ1) is 13.5. The van der Waals surface area contributed by atoms with Gasteiger partial charge in [-0.3, -0.25) is 4.79 Å². The molecule has 6 nitrogen and oxygen atoms in total. The zero-order chi connectivity index (χ0) is 14.5. The second-order valence-corrected chi connectivity index (χ2v) is 5.51. The van der Waals surface area contributed by atoms with E-state index in [0.29, 0.717) is 0 Å². The number of nitrogens with zero attached hydrogens (tertiary/aromatic N) is 1. The van der Waals surface area contributed by atoms with E-state index in [1.54, 1.807) is 20.8 Å². The summed E-state index contributed by atoms with van der Waals surface area (Å²) in [6.45, 7) is 5.06. The third-order valence-corrected chi connectivity index (χ3v) is 2.99. The highest BCUT2D eigenvalue weighted by atomic mass is 35.5. The van der Waals surface area contributed by atoms with E-state index in [0.717, 1.165) is 10.8 Å². The number of benzene rings is 1. The lowest BCUT2D eigenvalue weighted by Gasteiger charge is -2.19. The molecule has 0 aliphatic rings. The predicted molar refractivity (Wildman–Crippen MR) is 70.1 cm³/mol. The monoisotopic (exact) mass is 285 g/mol. The van der Waals surface area contributed by atoms with Crippen LogP contribution in [0.2, 0.25) is 5.02 Å². The topological polar surface area (TPSA) is 92.7 Å². The maximum Gasteiger partial charge on any atom is 0.365 e. The van der Waals surface area contributed by atoms with E-state index in [-0.39, 0.29) is 10.8 Å². The first-order valence-electron chi connectivity index (χ1n) is 5.46. The minimum Gasteiger partial charge on any atom is -0.504 e. The summed E-state index contributed by atoms with van der Waals surface area (Å²) in [5.41, 5.74) is -2.21. The van der Waals surface area contributed by atoms with Gasteiger partial charge in [-0.05, 0) is 26.8 Å². The number of hydrogen-bond acceptors (Lipinski definition) is 5. The summed E-state index contributed by atoms with van der Waals surface area (Å²) in [7, 11) is 0. The summed E-state index contributed by atoms with van der Waals surface area (Å²) in [6, 6.07) is 0.998. The van der Waals surface area contributed by atoms with Crippen LogP contribution >= 0.6 is 11.6 Å². The number of rotatable bonds is 0. The van der Waals surface area contributed by atoms with Crippen LogP contribution in [0.25, 0.3) is 10.8 Å². The van der Waals surface area contributed by atoms with Crippen molar-refractivity contribution in [3.8, 4) is 11.5 Å². The SMILES string of the molecule is CC(C)(C)n1oc(=O)c2c(Cl)c(O)c(O)cc2c1=O. The highest BCUT2D eigenvalue weighted by molar-refractivity contribution is 6.37. The summed E-state index contributed by atoms with van der Waals surface area (Å²) in [5, 5.41) is 18.2. The Bertz CT molecular complexity index is 782. The van der Waals surface area contributed by atoms with Crippen molar-refractivity contribution < 1.29 is 14.7 Å². The Hall–Kier alpha value is -1.95. The molecule has 0 amide bonds. The molecule has 0 unspecified atom stereocenters. The van der Waals surface area contributed by atoms with Crippen molar-refractivity contribution >= 4 is 22.4 Å². The molecule has 1 aromatic heterocycles. The molecule has 2 aromatic rings. The zero-order valence-electron chi connectivity index (χ0n) is 10.5. The number of phenols is 2. The Morgan fingerprint density at radius 1 is 1.26 bits per heavy atom. The van der Waals surface area contributed by atoms with Crippen molar-refractivity contribution in [3.05, 3.63) is 31.9 Å². The van der Waals surface area contributed by atoms with Gasteiger partial charge in [-0.15, -0.1) is 0 Å². The second kappa shape index (κ2) is 4.03. The van der Waals surface area contributed by atoms with E-state index in [1.165, 1.54) is 0 Å². The number of halogens is 1. The quantitative estimate of drug-likeness (QED) is 0.720. The van der Waals surface area contributed by atoms with Crippen molar-refractivity contribution in [2.75, 3.05) is 0 Å². The molecule has 0 atom stereocenters. The summed E-state index contributed by atoms with van der Waals surface area (Å²) in [6.07, 6.45) is 0. The molecule has 19 heavy (non-hydrogen) atoms. The summed E-state index contributed by atoms with van der Waals surface area (Å²) < 4.78 is 5.84. The average molecular weight is 286 g/mol. The van der Waals surface area contributed by atoms with Gasteiger partial charge in [0, 0.05) is 0 Å². The molecule has 2 N–H and O–H groups in total. The van der Waals surface area contributed by atoms with Crippen LogP contribution in [-0.4, -0.2) is 15.0 Å². The van der Waals surface area contributed by atoms with Gasteiger partial charge < -0.3 is 14.7 Å². The molecule has 0 fully saturated rings. The molecule has 0 aliphatic heterocycles. The Kier molecular flexibility index (Phi) is 2.86. The van der Waals surface area contributed by atoms with E-state index in [1.807, 2.05) is 0 Å². The van der Waals surface area contributed by atoms with Crippen molar-refractivity contribution in [3.63, 3.8) is 0 Å². The van der Waals surface area contributed by atoms with Gasteiger partial charge in [0.2, 0.25) is 0 Å². The fourth-order valence-corrected chi connectivity index (χ4v) is 1.99. The maximum atomic E-state index is 12.2. The van der Waals surface area contributed by atoms with Gasteiger partial charge in [0.1, 0.15) is 5.02 Å². The molecule has 0 saturated heterocycles. The molecule has 1 aromatic carbocycles. The van der Waals surface area contributed by atoms with Gasteiger partial charge >= 0.3 is 5.63 Å². The number of phenolic OH excluding ortho intramolecular Hbond substituents is 2. The number of hydrogen-bond donors (Lipinski definition) is 2. The molecule has 0 aliphatic carbocycles. The summed E-state index contributed by atoms with van der Waals surface area (Å²) >= 11 is 5.76. The van der Waals surface area contributed by atoms with E-state index >= 15 is 0 Å². The van der Waals surface area contributed by atoms with Crippen LogP contribution < -0.4 is 11.2 Å². The normalized spacial score (nSPS) is 12.0. The molecular formula is C12H12ClNO5. The molecule has 7 heteroatoms. The van der Waals surface area contributed by atoms with Crippen LogP contribution in [0.1, 0.15) is 20.8 Å². The Labute approximate surface area is 112 Å². The molecule has 0 radical (unpaired) electrons. The van der Waals surface area contributed by atoms with E-state index < -0.39 is 33.2 Å². The maximum absolute atomic E-state index is 12.2. The van der Waals surface area contributed by atoms with Crippen LogP contribution in [0.5, 0.6) is 11.5 Å². The fourth-order valence-electron chi connectivity index (χ4n) is 1.72. The van der Waals surface area contributed by atoms with E-state index in [9.17, 15) is 19.8 Å². The van der Waals surface area contributed by atoms with E-state index in [4.69, 9.17) is 16.1 Å². The Morgan fingerprint density at radius 2 is 1.84 bits per heavy atom. The minimum absolute atomic E-state index is 0.105. The molecule has 102 valence electrons. The Balaban J connectivity index is 3.09. The smallest absolute Gasteiger partial charge is 0.365 e. The molecule has 0 bridgehead atoms. The largest absolute Gasteiger partial charge is 0.504 e. The molecular weight excluding hydrogens is 274 g/mol. The van der Waals surface area contributed by atoms with Crippen molar-refractivity contribution in [1.82, 2.24) is 4.74 Å². The van der Waals surface area contributed by atoms with Gasteiger partial charge in [-0.1, -0.05) is 11.6 Å². The number of fused-ring (bicyclic) bond motifs is 1. The average Bonchev–Trinajstić information content (AvgIpc) is 2.28. The number of aromatic nitrogens is 1. The van der Waals surface area contributed by atoms with E-state index in [2.05, 4.69) is 0 Å². The summed E-state index contributed by atoms with van der Waals surface area (Å²) in [5.74, 6) is -1.23.